The number of thioether (sulfide) groups is 1. The lowest BCUT2D eigenvalue weighted by molar-refractivity contribution is 0.265. The molecule has 1 amide bonds. The molecule has 4 aromatic rings. The minimum absolute atomic E-state index is 0.153. The van der Waals surface area contributed by atoms with Crippen LogP contribution in [0.15, 0.2) is 88.9 Å². The van der Waals surface area contributed by atoms with Gasteiger partial charge >= 0.3 is 0 Å². The Morgan fingerprint density at radius 2 is 1.77 bits per heavy atom. The highest BCUT2D eigenvalue weighted by Gasteiger charge is 2.25. The standard InChI is InChI=1S/C28H24N4O2S/c1-18-9-12-22(15-19(18)2)29-27-25(35-28(33)30-27)16-21-17-32(23-7-5-4-6-8-23)31-26(21)20-10-13-24(34-3)14-11-20/h4-17H,1-3H3,(H,29,30,33)/b25-16-. The van der Waals surface area contributed by atoms with E-state index in [0.717, 1.165) is 56.2 Å². The molecule has 1 aromatic heterocycles. The molecule has 1 aliphatic heterocycles. The van der Waals surface area contributed by atoms with Crippen LogP contribution in [0.1, 0.15) is 16.7 Å². The molecule has 7 heteroatoms. The summed E-state index contributed by atoms with van der Waals surface area (Å²) >= 11 is 1.13. The molecule has 1 saturated heterocycles. The van der Waals surface area contributed by atoms with Crippen LogP contribution in [0.2, 0.25) is 0 Å². The Bertz CT molecular complexity index is 1450. The van der Waals surface area contributed by atoms with Crippen molar-refractivity contribution in [2.24, 2.45) is 4.99 Å². The first-order valence-corrected chi connectivity index (χ1v) is 12.0. The second-order valence-electron chi connectivity index (χ2n) is 8.19. The summed E-state index contributed by atoms with van der Waals surface area (Å²) in [6, 6.07) is 23.7. The number of amides is 1. The molecule has 1 fully saturated rings. The van der Waals surface area contributed by atoms with Gasteiger partial charge in [-0.15, -0.1) is 0 Å². The molecule has 0 bridgehead atoms. The van der Waals surface area contributed by atoms with Crippen LogP contribution in [-0.4, -0.2) is 28.0 Å². The van der Waals surface area contributed by atoms with Crippen molar-refractivity contribution in [3.8, 4) is 22.7 Å². The molecule has 0 atom stereocenters. The average Bonchev–Trinajstić information content (AvgIpc) is 3.45. The molecule has 35 heavy (non-hydrogen) atoms. The number of benzene rings is 3. The lowest BCUT2D eigenvalue weighted by Gasteiger charge is -2.04. The predicted molar refractivity (Wildman–Crippen MR) is 143 cm³/mol. The molecule has 1 N–H and O–H groups in total. The molecule has 174 valence electrons. The Morgan fingerprint density at radius 3 is 2.49 bits per heavy atom. The highest BCUT2D eigenvalue weighted by Crippen LogP contribution is 2.33. The second kappa shape index (κ2) is 9.64. The smallest absolute Gasteiger partial charge is 0.289 e. The van der Waals surface area contributed by atoms with E-state index in [1.165, 1.54) is 5.56 Å². The number of rotatable bonds is 5. The average molecular weight is 481 g/mol. The van der Waals surface area contributed by atoms with Gasteiger partial charge in [0.15, 0.2) is 0 Å². The van der Waals surface area contributed by atoms with Crippen LogP contribution >= 0.6 is 11.8 Å². The van der Waals surface area contributed by atoms with Crippen LogP contribution in [0.4, 0.5) is 10.5 Å². The van der Waals surface area contributed by atoms with Gasteiger partial charge in [0.2, 0.25) is 0 Å². The number of amidine groups is 1. The van der Waals surface area contributed by atoms with Gasteiger partial charge in [0.1, 0.15) is 11.6 Å². The third-order valence-electron chi connectivity index (χ3n) is 5.80. The van der Waals surface area contributed by atoms with Crippen LogP contribution in [0.5, 0.6) is 5.75 Å². The maximum atomic E-state index is 12.3. The minimum atomic E-state index is -0.153. The molecule has 0 radical (unpaired) electrons. The van der Waals surface area contributed by atoms with E-state index in [1.807, 2.05) is 89.8 Å². The quantitative estimate of drug-likeness (QED) is 0.345. The number of hydrogen-bond acceptors (Lipinski definition) is 5. The van der Waals surface area contributed by atoms with Crippen molar-refractivity contribution >= 4 is 34.6 Å². The number of aromatic nitrogens is 2. The van der Waals surface area contributed by atoms with E-state index in [1.54, 1.807) is 7.11 Å². The van der Waals surface area contributed by atoms with Crippen LogP contribution in [0.25, 0.3) is 23.0 Å². The van der Waals surface area contributed by atoms with E-state index in [9.17, 15) is 4.79 Å². The van der Waals surface area contributed by atoms with E-state index >= 15 is 0 Å². The number of methoxy groups -OCH3 is 1. The first kappa shape index (κ1) is 22.7. The lowest BCUT2D eigenvalue weighted by Crippen LogP contribution is -2.18. The molecule has 3 aromatic carbocycles. The van der Waals surface area contributed by atoms with Gasteiger partial charge < -0.3 is 10.1 Å². The Hall–Kier alpha value is -4.10. The van der Waals surface area contributed by atoms with Crippen molar-refractivity contribution in [3.05, 3.63) is 101 Å². The van der Waals surface area contributed by atoms with E-state index in [0.29, 0.717) is 5.84 Å². The molecule has 0 aliphatic carbocycles. The zero-order valence-corrected chi connectivity index (χ0v) is 20.5. The summed E-state index contributed by atoms with van der Waals surface area (Å²) in [5, 5.41) is 7.60. The highest BCUT2D eigenvalue weighted by molar-refractivity contribution is 8.18. The van der Waals surface area contributed by atoms with E-state index in [-0.39, 0.29) is 5.24 Å². The molecule has 5 rings (SSSR count). The molecule has 1 aliphatic rings. The number of aryl methyl sites for hydroxylation is 2. The van der Waals surface area contributed by atoms with Crippen molar-refractivity contribution in [3.63, 3.8) is 0 Å². The number of nitrogens with one attached hydrogen (secondary N) is 1. The van der Waals surface area contributed by atoms with Crippen molar-refractivity contribution in [1.82, 2.24) is 15.1 Å². The summed E-state index contributed by atoms with van der Waals surface area (Å²) in [4.78, 5) is 17.8. The molecule has 2 heterocycles. The summed E-state index contributed by atoms with van der Waals surface area (Å²) in [5.74, 6) is 1.32. The third-order valence-corrected chi connectivity index (χ3v) is 6.62. The topological polar surface area (TPSA) is 68.5 Å². The largest absolute Gasteiger partial charge is 0.497 e. The van der Waals surface area contributed by atoms with Crippen molar-refractivity contribution in [1.29, 1.82) is 0 Å². The Balaban J connectivity index is 1.60. The fourth-order valence-electron chi connectivity index (χ4n) is 3.76. The normalized spacial score (nSPS) is 15.6. The van der Waals surface area contributed by atoms with E-state index in [4.69, 9.17) is 14.8 Å². The molecule has 0 unspecified atom stereocenters. The molecule has 0 spiro atoms. The zero-order chi connectivity index (χ0) is 24.4. The number of ether oxygens (including phenoxy) is 1. The van der Waals surface area contributed by atoms with Gasteiger partial charge in [-0.25, -0.2) is 9.67 Å². The number of aliphatic imine (C=N–C) groups is 1. The number of nitrogens with zero attached hydrogens (tertiary/aromatic N) is 3. The summed E-state index contributed by atoms with van der Waals surface area (Å²) in [6.07, 6.45) is 3.94. The maximum Gasteiger partial charge on any atom is 0.289 e. The summed E-state index contributed by atoms with van der Waals surface area (Å²) in [7, 11) is 1.65. The van der Waals surface area contributed by atoms with Gasteiger partial charge in [0.25, 0.3) is 5.24 Å². The van der Waals surface area contributed by atoms with Crippen molar-refractivity contribution < 1.29 is 9.53 Å². The summed E-state index contributed by atoms with van der Waals surface area (Å²) in [5.41, 5.74) is 6.73. The fraction of sp³-hybridized carbons (Fsp3) is 0.107. The van der Waals surface area contributed by atoms with E-state index < -0.39 is 0 Å². The molecular formula is C28H24N4O2S. The van der Waals surface area contributed by atoms with Gasteiger partial charge in [-0.05, 0) is 91.3 Å². The Labute approximate surface area is 208 Å². The highest BCUT2D eigenvalue weighted by atomic mass is 32.2. The fourth-order valence-corrected chi connectivity index (χ4v) is 4.48. The van der Waals surface area contributed by atoms with E-state index in [2.05, 4.69) is 19.2 Å². The van der Waals surface area contributed by atoms with Crippen LogP contribution in [-0.2, 0) is 0 Å². The van der Waals surface area contributed by atoms with Gasteiger partial charge in [0, 0.05) is 17.3 Å². The molecule has 6 nitrogen and oxygen atoms in total. The SMILES string of the molecule is COc1ccc(-c2nn(-c3ccccc3)cc2/C=C2\SC(=O)NC2=Nc2ccc(C)c(C)c2)cc1. The number of para-hydroxylation sites is 1. The Kier molecular flexibility index (Phi) is 6.25. The third kappa shape index (κ3) is 4.90. The number of carbonyl (C=O) groups is 1. The Morgan fingerprint density at radius 1 is 1.00 bits per heavy atom. The first-order valence-electron chi connectivity index (χ1n) is 11.2. The predicted octanol–water partition coefficient (Wildman–Crippen LogP) is 6.69. The second-order valence-corrected chi connectivity index (χ2v) is 9.21. The van der Waals surface area contributed by atoms with Crippen LogP contribution < -0.4 is 10.1 Å². The first-order chi connectivity index (χ1) is 17.0. The number of hydrogen-bond donors (Lipinski definition) is 1. The van der Waals surface area contributed by atoms with Gasteiger partial charge in [-0.1, -0.05) is 24.3 Å². The number of carbonyl (C=O) groups excluding carboxylic acids is 1. The maximum absolute atomic E-state index is 12.3. The zero-order valence-electron chi connectivity index (χ0n) is 19.6. The van der Waals surface area contributed by atoms with Gasteiger partial charge in [-0.2, -0.15) is 5.10 Å². The van der Waals surface area contributed by atoms with Crippen molar-refractivity contribution in [2.75, 3.05) is 7.11 Å². The van der Waals surface area contributed by atoms with Gasteiger partial charge in [-0.3, -0.25) is 4.79 Å². The van der Waals surface area contributed by atoms with Crippen LogP contribution in [0, 0.1) is 13.8 Å². The monoisotopic (exact) mass is 480 g/mol. The molecule has 0 saturated carbocycles. The summed E-state index contributed by atoms with van der Waals surface area (Å²) < 4.78 is 7.16. The molecular weight excluding hydrogens is 456 g/mol. The minimum Gasteiger partial charge on any atom is -0.497 e. The summed E-state index contributed by atoms with van der Waals surface area (Å²) in [6.45, 7) is 4.12. The van der Waals surface area contributed by atoms with Gasteiger partial charge in [0.05, 0.1) is 29.1 Å². The van der Waals surface area contributed by atoms with Crippen molar-refractivity contribution in [2.45, 2.75) is 13.8 Å². The lowest BCUT2D eigenvalue weighted by atomic mass is 10.1. The van der Waals surface area contributed by atoms with Crippen LogP contribution in [0.3, 0.4) is 0 Å².